The molecule has 0 N–H and O–H groups in total. The quantitative estimate of drug-likeness (QED) is 0.0332. The van der Waals surface area contributed by atoms with E-state index in [1.807, 2.05) is 0 Å². The van der Waals surface area contributed by atoms with Crippen molar-refractivity contribution in [3.8, 4) is 0 Å². The molecular weight excluding hydrogens is 678 g/mol. The lowest BCUT2D eigenvalue weighted by atomic mass is 9.92. The van der Waals surface area contributed by atoms with Crippen molar-refractivity contribution in [3.63, 3.8) is 0 Å². The van der Waals surface area contributed by atoms with Crippen molar-refractivity contribution in [2.24, 2.45) is 0 Å². The predicted octanol–water partition coefficient (Wildman–Crippen LogP) is 10.4. The summed E-state index contributed by atoms with van der Waals surface area (Å²) in [6.07, 6.45) is 19.8. The minimum absolute atomic E-state index is 0.695. The Labute approximate surface area is 252 Å². The summed E-state index contributed by atoms with van der Waals surface area (Å²) in [5.74, 6) is -1.68. The maximum atomic E-state index is 6.90. The monoisotopic (exact) mass is 738 g/mol. The highest BCUT2D eigenvalue weighted by Gasteiger charge is 2.55. The molecule has 0 radical (unpaired) electrons. The van der Waals surface area contributed by atoms with Crippen LogP contribution in [0.1, 0.15) is 143 Å². The number of unbranched alkanes of at least 4 members (excludes halogenated alkanes) is 10. The van der Waals surface area contributed by atoms with Gasteiger partial charge in [-0.25, -0.2) is 0 Å². The van der Waals surface area contributed by atoms with Gasteiger partial charge in [0.1, 0.15) is 0 Å². The predicted molar refractivity (Wildman–Crippen MR) is 173 cm³/mol. The van der Waals surface area contributed by atoms with E-state index in [-0.39, 0.29) is 0 Å². The van der Waals surface area contributed by atoms with Gasteiger partial charge in [-0.05, 0) is 60.2 Å². The van der Waals surface area contributed by atoms with Crippen molar-refractivity contribution in [1.29, 1.82) is 0 Å². The zero-order valence-corrected chi connectivity index (χ0v) is 28.7. The van der Waals surface area contributed by atoms with Gasteiger partial charge in [0.25, 0.3) is 0 Å². The Kier molecular flexibility index (Phi) is 27.5. The smallest absolute Gasteiger partial charge is 0.223 e. The Morgan fingerprint density at radius 2 is 0.722 bits per heavy atom. The van der Waals surface area contributed by atoms with E-state index in [9.17, 15) is 0 Å². The number of rotatable bonds is 29. The lowest BCUT2D eigenvalue weighted by molar-refractivity contribution is -0.416. The summed E-state index contributed by atoms with van der Waals surface area (Å²) in [7, 11) is 0. The number of hydrogen-bond acceptors (Lipinski definition) is 4. The molecule has 6 heteroatoms. The Bertz CT molecular complexity index is 409. The third kappa shape index (κ3) is 16.4. The number of hydrogen-bond donors (Lipinski definition) is 0. The fourth-order valence-corrected chi connectivity index (χ4v) is 5.47. The second kappa shape index (κ2) is 26.5. The first-order valence-corrected chi connectivity index (χ1v) is 18.3. The van der Waals surface area contributed by atoms with Crippen molar-refractivity contribution in [1.82, 2.24) is 0 Å². The van der Waals surface area contributed by atoms with E-state index in [0.29, 0.717) is 26.4 Å². The third-order valence-corrected chi connectivity index (χ3v) is 8.22. The fourth-order valence-electron chi connectivity index (χ4n) is 4.39. The van der Waals surface area contributed by atoms with Crippen molar-refractivity contribution < 1.29 is 18.9 Å². The standard InChI is InChI=1S/C30H60I2O4/c1-5-9-19-27-35-30(22-16-14-18-24-32,36-28-20-10-6-2)29(33-25-11-7-3,34-26-12-8-4)21-15-13-17-23-31/h5-28H2,1-4H3. The Balaban J connectivity index is 6.26. The van der Waals surface area contributed by atoms with E-state index in [4.69, 9.17) is 18.9 Å². The molecule has 0 saturated carbocycles. The lowest BCUT2D eigenvalue weighted by Gasteiger charge is -2.49. The maximum Gasteiger partial charge on any atom is 0.223 e. The van der Waals surface area contributed by atoms with Crippen LogP contribution >= 0.6 is 45.2 Å². The second-order valence-electron chi connectivity index (χ2n) is 10.0. The van der Waals surface area contributed by atoms with Gasteiger partial charge in [-0.2, -0.15) is 0 Å². The molecule has 0 aromatic heterocycles. The Hall–Kier alpha value is 1.30. The molecule has 0 aromatic carbocycles. The molecule has 4 nitrogen and oxygen atoms in total. The second-order valence-corrected chi connectivity index (χ2v) is 12.2. The van der Waals surface area contributed by atoms with Crippen molar-refractivity contribution in [2.45, 2.75) is 155 Å². The summed E-state index contributed by atoms with van der Waals surface area (Å²) in [4.78, 5) is 0. The van der Waals surface area contributed by atoms with Crippen LogP contribution in [0, 0.1) is 0 Å². The van der Waals surface area contributed by atoms with E-state index in [1.165, 1.54) is 60.2 Å². The fraction of sp³-hybridized carbons (Fsp3) is 1.00. The van der Waals surface area contributed by atoms with Crippen molar-refractivity contribution in [3.05, 3.63) is 0 Å². The van der Waals surface area contributed by atoms with Gasteiger partial charge >= 0.3 is 0 Å². The molecule has 218 valence electrons. The van der Waals surface area contributed by atoms with Crippen molar-refractivity contribution >= 4 is 45.2 Å². The normalized spacial score (nSPS) is 12.5. The molecule has 0 aromatic rings. The molecule has 0 aliphatic carbocycles. The zero-order valence-electron chi connectivity index (χ0n) is 24.4. The first kappa shape index (κ1) is 37.3. The third-order valence-electron chi connectivity index (χ3n) is 6.69. The summed E-state index contributed by atoms with van der Waals surface area (Å²) in [6.45, 7) is 11.7. The van der Waals surface area contributed by atoms with Gasteiger partial charge in [-0.15, -0.1) is 0 Å². The van der Waals surface area contributed by atoms with Gasteiger partial charge in [-0.1, -0.05) is 124 Å². The molecule has 0 spiro atoms. The molecule has 0 aliphatic heterocycles. The highest BCUT2D eigenvalue weighted by molar-refractivity contribution is 14.1. The molecule has 0 saturated heterocycles. The summed E-state index contributed by atoms with van der Waals surface area (Å²) < 4.78 is 29.9. The maximum absolute atomic E-state index is 6.90. The highest BCUT2D eigenvalue weighted by Crippen LogP contribution is 2.42. The summed E-state index contributed by atoms with van der Waals surface area (Å²) in [6, 6.07) is 0. The van der Waals surface area contributed by atoms with Gasteiger partial charge in [0, 0.05) is 12.8 Å². The highest BCUT2D eigenvalue weighted by atomic mass is 127. The SMILES string of the molecule is CCCCCOC(CCCCCI)(OCCCCC)C(CCCCCI)(OCCCC)OCCCC. The Morgan fingerprint density at radius 1 is 0.389 bits per heavy atom. The van der Waals surface area contributed by atoms with Crippen molar-refractivity contribution in [2.75, 3.05) is 35.3 Å². The van der Waals surface area contributed by atoms with Crippen LogP contribution in [-0.4, -0.2) is 46.9 Å². The topological polar surface area (TPSA) is 36.9 Å². The van der Waals surface area contributed by atoms with Gasteiger partial charge < -0.3 is 18.9 Å². The van der Waals surface area contributed by atoms with Gasteiger partial charge in [0.2, 0.25) is 11.6 Å². The zero-order chi connectivity index (χ0) is 26.8. The molecule has 36 heavy (non-hydrogen) atoms. The average Bonchev–Trinajstić information content (AvgIpc) is 2.89. The minimum Gasteiger partial charge on any atom is -0.345 e. The first-order chi connectivity index (χ1) is 17.6. The van der Waals surface area contributed by atoms with Crippen LogP contribution in [0.4, 0.5) is 0 Å². The summed E-state index contributed by atoms with van der Waals surface area (Å²) in [5, 5.41) is 0. The number of alkyl halides is 2. The summed E-state index contributed by atoms with van der Waals surface area (Å²) >= 11 is 4.97. The summed E-state index contributed by atoms with van der Waals surface area (Å²) in [5.41, 5.74) is 0. The molecule has 0 rings (SSSR count). The van der Waals surface area contributed by atoms with Crippen LogP contribution in [0.15, 0.2) is 0 Å². The molecule has 0 amide bonds. The molecule has 0 bridgehead atoms. The lowest BCUT2D eigenvalue weighted by Crippen LogP contribution is -2.61. The van der Waals surface area contributed by atoms with Gasteiger partial charge in [0.15, 0.2) is 0 Å². The van der Waals surface area contributed by atoms with E-state index in [1.54, 1.807) is 0 Å². The molecule has 0 atom stereocenters. The van der Waals surface area contributed by atoms with Gasteiger partial charge in [-0.3, -0.25) is 0 Å². The largest absolute Gasteiger partial charge is 0.345 e. The number of halogens is 2. The van der Waals surface area contributed by atoms with Gasteiger partial charge in [0.05, 0.1) is 26.4 Å². The van der Waals surface area contributed by atoms with Crippen LogP contribution in [0.25, 0.3) is 0 Å². The van der Waals surface area contributed by atoms with Crippen LogP contribution in [0.2, 0.25) is 0 Å². The number of ether oxygens (including phenoxy) is 4. The first-order valence-electron chi connectivity index (χ1n) is 15.3. The Morgan fingerprint density at radius 3 is 1.03 bits per heavy atom. The molecule has 0 unspecified atom stereocenters. The molecule has 0 fully saturated rings. The molecule has 0 aliphatic rings. The molecule has 0 heterocycles. The molecular formula is C30H60I2O4. The van der Waals surface area contributed by atoms with E-state index in [0.717, 1.165) is 64.2 Å². The van der Waals surface area contributed by atoms with E-state index >= 15 is 0 Å². The minimum atomic E-state index is -0.842. The van der Waals surface area contributed by atoms with Crippen LogP contribution in [-0.2, 0) is 18.9 Å². The van der Waals surface area contributed by atoms with E-state index in [2.05, 4.69) is 72.9 Å². The van der Waals surface area contributed by atoms with Crippen LogP contribution in [0.5, 0.6) is 0 Å². The average molecular weight is 739 g/mol. The van der Waals surface area contributed by atoms with Crippen LogP contribution in [0.3, 0.4) is 0 Å². The van der Waals surface area contributed by atoms with Crippen LogP contribution < -0.4 is 0 Å². The van der Waals surface area contributed by atoms with E-state index < -0.39 is 11.6 Å².